The summed E-state index contributed by atoms with van der Waals surface area (Å²) in [6.45, 7) is 0.212. The summed E-state index contributed by atoms with van der Waals surface area (Å²) in [7, 11) is 3.74. The molecule has 0 amide bonds. The summed E-state index contributed by atoms with van der Waals surface area (Å²) in [5.74, 6) is 0.565. The highest BCUT2D eigenvalue weighted by atomic mass is 19.4. The zero-order valence-electron chi connectivity index (χ0n) is 13.8. The van der Waals surface area contributed by atoms with E-state index in [-0.39, 0.29) is 12.4 Å². The first-order chi connectivity index (χ1) is 11.9. The fourth-order valence-electron chi connectivity index (χ4n) is 2.56. The number of para-hydroxylation sites is 1. The van der Waals surface area contributed by atoms with E-state index in [4.69, 9.17) is 0 Å². The van der Waals surface area contributed by atoms with Crippen molar-refractivity contribution in [2.24, 2.45) is 0 Å². The Hall–Kier alpha value is -2.83. The third kappa shape index (κ3) is 3.65. The Kier molecular flexibility index (Phi) is 4.48. The van der Waals surface area contributed by atoms with E-state index in [1.165, 1.54) is 12.3 Å². The van der Waals surface area contributed by atoms with E-state index in [2.05, 4.69) is 15.3 Å². The monoisotopic (exact) mass is 346 g/mol. The molecule has 0 atom stereocenters. The van der Waals surface area contributed by atoms with Crippen LogP contribution in [0.2, 0.25) is 0 Å². The minimum absolute atomic E-state index is 0.178. The van der Waals surface area contributed by atoms with Crippen molar-refractivity contribution in [3.05, 3.63) is 59.8 Å². The van der Waals surface area contributed by atoms with Crippen molar-refractivity contribution < 1.29 is 13.2 Å². The molecule has 25 heavy (non-hydrogen) atoms. The lowest BCUT2D eigenvalue weighted by Crippen LogP contribution is -2.14. The molecule has 1 N–H and O–H groups in total. The quantitative estimate of drug-likeness (QED) is 0.764. The molecule has 3 aromatic rings. The molecule has 0 aliphatic heterocycles. The summed E-state index contributed by atoms with van der Waals surface area (Å²) < 4.78 is 39.3. The number of halogens is 3. The molecule has 0 saturated heterocycles. The van der Waals surface area contributed by atoms with Crippen molar-refractivity contribution in [3.63, 3.8) is 0 Å². The number of benzene rings is 1. The van der Waals surface area contributed by atoms with Crippen LogP contribution in [0.5, 0.6) is 0 Å². The SMILES string of the molecule is CN(C)c1cc(CNc2ncccc2C(F)(F)F)c2ccccc2n1. The first-order valence-electron chi connectivity index (χ1n) is 7.68. The smallest absolute Gasteiger partial charge is 0.365 e. The lowest BCUT2D eigenvalue weighted by Gasteiger charge is -2.17. The number of alkyl halides is 3. The highest BCUT2D eigenvalue weighted by molar-refractivity contribution is 5.84. The summed E-state index contributed by atoms with van der Waals surface area (Å²) in [5.41, 5.74) is 0.872. The number of nitrogens with zero attached hydrogens (tertiary/aromatic N) is 3. The zero-order chi connectivity index (χ0) is 18.0. The molecule has 0 bridgehead atoms. The average Bonchev–Trinajstić information content (AvgIpc) is 2.58. The minimum Gasteiger partial charge on any atom is -0.365 e. The molecular formula is C18H17F3N4. The number of nitrogens with one attached hydrogen (secondary N) is 1. The van der Waals surface area contributed by atoms with Gasteiger partial charge in [-0.05, 0) is 29.8 Å². The van der Waals surface area contributed by atoms with Crippen LogP contribution in [-0.2, 0) is 12.7 Å². The molecule has 0 fully saturated rings. The summed E-state index contributed by atoms with van der Waals surface area (Å²) in [4.78, 5) is 10.2. The molecule has 0 saturated carbocycles. The van der Waals surface area contributed by atoms with E-state index in [1.807, 2.05) is 49.3 Å². The maximum absolute atomic E-state index is 13.1. The third-order valence-corrected chi connectivity index (χ3v) is 3.81. The second-order valence-corrected chi connectivity index (χ2v) is 5.80. The summed E-state index contributed by atoms with van der Waals surface area (Å²) in [6.07, 6.45) is -3.11. The summed E-state index contributed by atoms with van der Waals surface area (Å²) in [6, 6.07) is 11.7. The lowest BCUT2D eigenvalue weighted by molar-refractivity contribution is -0.137. The van der Waals surface area contributed by atoms with E-state index in [1.54, 1.807) is 0 Å². The molecule has 3 rings (SSSR count). The van der Waals surface area contributed by atoms with Gasteiger partial charge in [0.25, 0.3) is 0 Å². The van der Waals surface area contributed by atoms with Crippen molar-refractivity contribution in [1.82, 2.24) is 9.97 Å². The fourth-order valence-corrected chi connectivity index (χ4v) is 2.56. The van der Waals surface area contributed by atoms with Gasteiger partial charge in [-0.15, -0.1) is 0 Å². The van der Waals surface area contributed by atoms with Crippen molar-refractivity contribution in [2.45, 2.75) is 12.7 Å². The second-order valence-electron chi connectivity index (χ2n) is 5.80. The Morgan fingerprint density at radius 1 is 1.08 bits per heavy atom. The first kappa shape index (κ1) is 17.0. The van der Waals surface area contributed by atoms with Gasteiger partial charge < -0.3 is 10.2 Å². The standard InChI is InChI=1S/C18H17F3N4/c1-25(2)16-10-12(13-6-3-4-8-15(13)24-16)11-23-17-14(18(19,20)21)7-5-9-22-17/h3-10H,11H2,1-2H3,(H,22,23). The van der Waals surface area contributed by atoms with Crippen molar-refractivity contribution in [2.75, 3.05) is 24.3 Å². The van der Waals surface area contributed by atoms with Crippen molar-refractivity contribution in [1.29, 1.82) is 0 Å². The van der Waals surface area contributed by atoms with Crippen LogP contribution in [0.25, 0.3) is 10.9 Å². The molecule has 4 nitrogen and oxygen atoms in total. The number of aromatic nitrogens is 2. The molecule has 0 radical (unpaired) electrons. The van der Waals surface area contributed by atoms with Gasteiger partial charge in [0.15, 0.2) is 0 Å². The van der Waals surface area contributed by atoms with Gasteiger partial charge in [0.05, 0.1) is 11.1 Å². The Bertz CT molecular complexity index is 891. The second kappa shape index (κ2) is 6.58. The normalized spacial score (nSPS) is 11.6. The molecule has 0 spiro atoms. The van der Waals surface area contributed by atoms with Gasteiger partial charge in [-0.1, -0.05) is 18.2 Å². The molecule has 0 aliphatic carbocycles. The largest absolute Gasteiger partial charge is 0.419 e. The molecule has 1 aromatic carbocycles. The van der Waals surface area contributed by atoms with Crippen molar-refractivity contribution in [3.8, 4) is 0 Å². The number of fused-ring (bicyclic) bond motifs is 1. The van der Waals surface area contributed by atoms with Crippen LogP contribution in [0.1, 0.15) is 11.1 Å². The maximum Gasteiger partial charge on any atom is 0.419 e. The van der Waals surface area contributed by atoms with Gasteiger partial charge in [-0.25, -0.2) is 9.97 Å². The Balaban J connectivity index is 1.97. The van der Waals surface area contributed by atoms with Gasteiger partial charge in [0, 0.05) is 32.2 Å². The number of hydrogen-bond acceptors (Lipinski definition) is 4. The van der Waals surface area contributed by atoms with Crippen LogP contribution >= 0.6 is 0 Å². The number of pyridine rings is 2. The van der Waals surface area contributed by atoms with Crippen LogP contribution in [0.4, 0.5) is 24.8 Å². The van der Waals surface area contributed by atoms with Gasteiger partial charge in [0.1, 0.15) is 11.6 Å². The van der Waals surface area contributed by atoms with Gasteiger partial charge in [-0.3, -0.25) is 0 Å². The van der Waals surface area contributed by atoms with Gasteiger partial charge >= 0.3 is 6.18 Å². The molecule has 2 heterocycles. The highest BCUT2D eigenvalue weighted by Gasteiger charge is 2.34. The topological polar surface area (TPSA) is 41.0 Å². The predicted molar refractivity (Wildman–Crippen MR) is 92.6 cm³/mol. The number of hydrogen-bond donors (Lipinski definition) is 1. The van der Waals surface area contributed by atoms with E-state index in [0.717, 1.165) is 28.4 Å². The highest BCUT2D eigenvalue weighted by Crippen LogP contribution is 2.33. The third-order valence-electron chi connectivity index (χ3n) is 3.81. The number of anilines is 2. The van der Waals surface area contributed by atoms with Gasteiger partial charge in [0.2, 0.25) is 0 Å². The van der Waals surface area contributed by atoms with Crippen LogP contribution < -0.4 is 10.2 Å². The van der Waals surface area contributed by atoms with E-state index in [9.17, 15) is 13.2 Å². The molecule has 130 valence electrons. The van der Waals surface area contributed by atoms with Crippen LogP contribution in [0.15, 0.2) is 48.7 Å². The molecule has 0 unspecified atom stereocenters. The van der Waals surface area contributed by atoms with E-state index in [0.29, 0.717) is 0 Å². The molecule has 0 aliphatic rings. The van der Waals surface area contributed by atoms with Crippen LogP contribution in [0, 0.1) is 0 Å². The van der Waals surface area contributed by atoms with E-state index < -0.39 is 11.7 Å². The van der Waals surface area contributed by atoms with Crippen LogP contribution in [-0.4, -0.2) is 24.1 Å². The lowest BCUT2D eigenvalue weighted by atomic mass is 10.1. The average molecular weight is 346 g/mol. The minimum atomic E-state index is -4.45. The first-order valence-corrected chi connectivity index (χ1v) is 7.68. The number of rotatable bonds is 4. The molecular weight excluding hydrogens is 329 g/mol. The summed E-state index contributed by atoms with van der Waals surface area (Å²) >= 11 is 0. The molecule has 2 aromatic heterocycles. The Labute approximate surface area is 143 Å². The van der Waals surface area contributed by atoms with Crippen molar-refractivity contribution >= 4 is 22.5 Å². The summed E-state index contributed by atoms with van der Waals surface area (Å²) in [5, 5.41) is 3.71. The predicted octanol–water partition coefficient (Wildman–Crippen LogP) is 4.33. The van der Waals surface area contributed by atoms with Crippen LogP contribution in [0.3, 0.4) is 0 Å². The van der Waals surface area contributed by atoms with E-state index >= 15 is 0 Å². The molecule has 7 heteroatoms. The maximum atomic E-state index is 13.1. The Morgan fingerprint density at radius 3 is 2.56 bits per heavy atom. The Morgan fingerprint density at radius 2 is 1.84 bits per heavy atom. The zero-order valence-corrected chi connectivity index (χ0v) is 13.8. The van der Waals surface area contributed by atoms with Gasteiger partial charge in [-0.2, -0.15) is 13.2 Å². The fraction of sp³-hybridized carbons (Fsp3) is 0.222.